The molecule has 3 nitrogen and oxygen atoms in total. The topological polar surface area (TPSA) is 33.2 Å². The molecule has 1 aromatic carbocycles. The fourth-order valence-electron chi connectivity index (χ4n) is 2.84. The van der Waals surface area contributed by atoms with Crippen LogP contribution in [0, 0.1) is 6.92 Å². The summed E-state index contributed by atoms with van der Waals surface area (Å²) in [5.74, 6) is -0.144. The molecule has 2 heterocycles. The smallest absolute Gasteiger partial charge is 0.337 e. The molecular formula is C16H15F3N2OS. The summed E-state index contributed by atoms with van der Waals surface area (Å²) in [6.07, 6.45) is -3.67. The van der Waals surface area contributed by atoms with Crippen molar-refractivity contribution in [3.05, 3.63) is 51.5 Å². The van der Waals surface area contributed by atoms with Crippen molar-refractivity contribution in [2.45, 2.75) is 25.4 Å². The summed E-state index contributed by atoms with van der Waals surface area (Å²) in [6.45, 7) is 2.78. The minimum absolute atomic E-state index is 0.0607. The molecule has 0 aliphatic carbocycles. The summed E-state index contributed by atoms with van der Waals surface area (Å²) < 4.78 is 38.5. The Morgan fingerprint density at radius 1 is 1.39 bits per heavy atom. The molecule has 0 unspecified atom stereocenters. The standard InChI is InChI=1S/C16H15F3N2OS/c1-10-14(23-9-20-10)15(22)21-6-5-12(8-21)11-3-2-4-13(7-11)16(17,18)19/h2-4,7,9,12H,5-6,8H2,1H3/t12-/m0/s1. The van der Waals surface area contributed by atoms with Gasteiger partial charge in [0.2, 0.25) is 0 Å². The lowest BCUT2D eigenvalue weighted by atomic mass is 9.96. The van der Waals surface area contributed by atoms with Crippen molar-refractivity contribution in [2.24, 2.45) is 0 Å². The molecule has 122 valence electrons. The monoisotopic (exact) mass is 340 g/mol. The van der Waals surface area contributed by atoms with Crippen LogP contribution in [-0.2, 0) is 6.18 Å². The van der Waals surface area contributed by atoms with E-state index in [9.17, 15) is 18.0 Å². The summed E-state index contributed by atoms with van der Waals surface area (Å²) in [6, 6.07) is 5.39. The molecule has 1 saturated heterocycles. The van der Waals surface area contributed by atoms with Gasteiger partial charge in [-0.15, -0.1) is 11.3 Å². The number of hydrogen-bond donors (Lipinski definition) is 0. The molecule has 7 heteroatoms. The lowest BCUT2D eigenvalue weighted by molar-refractivity contribution is -0.137. The van der Waals surface area contributed by atoms with Crippen LogP contribution in [0.2, 0.25) is 0 Å². The first-order valence-corrected chi connectivity index (χ1v) is 8.10. The molecule has 3 rings (SSSR count). The first-order chi connectivity index (χ1) is 10.9. The summed E-state index contributed by atoms with van der Waals surface area (Å²) in [7, 11) is 0. The molecular weight excluding hydrogens is 325 g/mol. The van der Waals surface area contributed by atoms with Gasteiger partial charge in [0.1, 0.15) is 4.88 Å². The maximum Gasteiger partial charge on any atom is 0.416 e. The Labute approximate surface area is 135 Å². The van der Waals surface area contributed by atoms with E-state index in [0.717, 1.165) is 6.07 Å². The molecule has 1 atom stereocenters. The number of thiazole rings is 1. The number of likely N-dealkylation sites (tertiary alicyclic amines) is 1. The Hall–Kier alpha value is -1.89. The van der Waals surface area contributed by atoms with Crippen molar-refractivity contribution in [1.29, 1.82) is 0 Å². The summed E-state index contributed by atoms with van der Waals surface area (Å²) in [5, 5.41) is 0. The summed E-state index contributed by atoms with van der Waals surface area (Å²) in [4.78, 5) is 18.8. The van der Waals surface area contributed by atoms with E-state index in [2.05, 4.69) is 4.98 Å². The fraction of sp³-hybridized carbons (Fsp3) is 0.375. The predicted octanol–water partition coefficient (Wildman–Crippen LogP) is 4.10. The summed E-state index contributed by atoms with van der Waals surface area (Å²) >= 11 is 1.30. The van der Waals surface area contributed by atoms with Crippen LogP contribution in [0.3, 0.4) is 0 Å². The minimum Gasteiger partial charge on any atom is -0.337 e. The number of hydrogen-bond acceptors (Lipinski definition) is 3. The SMILES string of the molecule is Cc1ncsc1C(=O)N1CC[C@H](c2cccc(C(F)(F)F)c2)C1. The van der Waals surface area contributed by atoms with E-state index >= 15 is 0 Å². The van der Waals surface area contributed by atoms with Gasteiger partial charge in [-0.25, -0.2) is 4.98 Å². The van der Waals surface area contributed by atoms with Gasteiger partial charge in [0.15, 0.2) is 0 Å². The van der Waals surface area contributed by atoms with Crippen LogP contribution >= 0.6 is 11.3 Å². The van der Waals surface area contributed by atoms with Crippen molar-refractivity contribution < 1.29 is 18.0 Å². The molecule has 1 aliphatic heterocycles. The van der Waals surface area contributed by atoms with Gasteiger partial charge in [-0.1, -0.05) is 18.2 Å². The first-order valence-electron chi connectivity index (χ1n) is 7.23. The number of rotatable bonds is 2. The molecule has 2 aromatic rings. The Bertz CT molecular complexity index is 726. The highest BCUT2D eigenvalue weighted by molar-refractivity contribution is 7.11. The maximum atomic E-state index is 12.8. The molecule has 1 aromatic heterocycles. The largest absolute Gasteiger partial charge is 0.416 e. The number of carbonyl (C=O) groups excluding carboxylic acids is 1. The lowest BCUT2D eigenvalue weighted by Gasteiger charge is -2.17. The predicted molar refractivity (Wildman–Crippen MR) is 81.6 cm³/mol. The van der Waals surface area contributed by atoms with Crippen molar-refractivity contribution in [1.82, 2.24) is 9.88 Å². The van der Waals surface area contributed by atoms with Crippen molar-refractivity contribution >= 4 is 17.2 Å². The third kappa shape index (κ3) is 3.24. The van der Waals surface area contributed by atoms with Gasteiger partial charge >= 0.3 is 6.18 Å². The number of halogens is 3. The van der Waals surface area contributed by atoms with Crippen molar-refractivity contribution in [2.75, 3.05) is 13.1 Å². The van der Waals surface area contributed by atoms with E-state index in [1.807, 2.05) is 0 Å². The third-order valence-corrected chi connectivity index (χ3v) is 5.02. The van der Waals surface area contributed by atoms with Crippen LogP contribution in [0.4, 0.5) is 13.2 Å². The number of aromatic nitrogens is 1. The highest BCUT2D eigenvalue weighted by Crippen LogP contribution is 2.34. The zero-order chi connectivity index (χ0) is 16.6. The normalized spacial score (nSPS) is 18.4. The van der Waals surface area contributed by atoms with Gasteiger partial charge in [0, 0.05) is 19.0 Å². The van der Waals surface area contributed by atoms with E-state index in [4.69, 9.17) is 0 Å². The van der Waals surface area contributed by atoms with Crippen LogP contribution in [-0.4, -0.2) is 28.9 Å². The molecule has 1 amide bonds. The number of benzene rings is 1. The average Bonchev–Trinajstić information content (AvgIpc) is 3.15. The van der Waals surface area contributed by atoms with E-state index < -0.39 is 11.7 Å². The number of carbonyl (C=O) groups is 1. The molecule has 1 aliphatic rings. The van der Waals surface area contributed by atoms with Crippen LogP contribution in [0.15, 0.2) is 29.8 Å². The van der Waals surface area contributed by atoms with Gasteiger partial charge in [-0.3, -0.25) is 4.79 Å². The number of nitrogens with zero attached hydrogens (tertiary/aromatic N) is 2. The second-order valence-electron chi connectivity index (χ2n) is 5.63. The van der Waals surface area contributed by atoms with Gasteiger partial charge in [-0.05, 0) is 25.0 Å². The molecule has 0 N–H and O–H groups in total. The Balaban J connectivity index is 1.75. The van der Waals surface area contributed by atoms with E-state index in [1.54, 1.807) is 23.4 Å². The molecule has 0 saturated carbocycles. The minimum atomic E-state index is -4.34. The van der Waals surface area contributed by atoms with Crippen LogP contribution in [0.25, 0.3) is 0 Å². The average molecular weight is 340 g/mol. The fourth-order valence-corrected chi connectivity index (χ4v) is 3.61. The number of amides is 1. The number of aryl methyl sites for hydroxylation is 1. The molecule has 0 spiro atoms. The highest BCUT2D eigenvalue weighted by atomic mass is 32.1. The van der Waals surface area contributed by atoms with Crippen LogP contribution in [0.1, 0.15) is 38.8 Å². The van der Waals surface area contributed by atoms with Gasteiger partial charge in [0.25, 0.3) is 5.91 Å². The molecule has 23 heavy (non-hydrogen) atoms. The van der Waals surface area contributed by atoms with Gasteiger partial charge in [-0.2, -0.15) is 13.2 Å². The number of alkyl halides is 3. The highest BCUT2D eigenvalue weighted by Gasteiger charge is 2.33. The second kappa shape index (κ2) is 5.96. The third-order valence-electron chi connectivity index (χ3n) is 4.10. The zero-order valence-corrected chi connectivity index (χ0v) is 13.2. The first kappa shape index (κ1) is 16.0. The van der Waals surface area contributed by atoms with Crippen LogP contribution < -0.4 is 0 Å². The Kier molecular flexibility index (Phi) is 4.14. The quantitative estimate of drug-likeness (QED) is 0.825. The van der Waals surface area contributed by atoms with Crippen LogP contribution in [0.5, 0.6) is 0 Å². The zero-order valence-electron chi connectivity index (χ0n) is 12.4. The van der Waals surface area contributed by atoms with E-state index in [1.165, 1.54) is 23.5 Å². The van der Waals surface area contributed by atoms with E-state index in [-0.39, 0.29) is 11.8 Å². The van der Waals surface area contributed by atoms with Gasteiger partial charge < -0.3 is 4.90 Å². The van der Waals surface area contributed by atoms with Crippen molar-refractivity contribution in [3.8, 4) is 0 Å². The van der Waals surface area contributed by atoms with Gasteiger partial charge in [0.05, 0.1) is 16.8 Å². The molecule has 0 radical (unpaired) electrons. The summed E-state index contributed by atoms with van der Waals surface area (Å²) in [5.41, 5.74) is 2.32. The second-order valence-corrected chi connectivity index (χ2v) is 6.48. The molecule has 1 fully saturated rings. The van der Waals surface area contributed by atoms with E-state index in [0.29, 0.717) is 35.6 Å². The Morgan fingerprint density at radius 2 is 2.17 bits per heavy atom. The Morgan fingerprint density at radius 3 is 2.83 bits per heavy atom. The maximum absolute atomic E-state index is 12.8. The molecule has 0 bridgehead atoms. The van der Waals surface area contributed by atoms with Crippen molar-refractivity contribution in [3.63, 3.8) is 0 Å². The lowest BCUT2D eigenvalue weighted by Crippen LogP contribution is -2.28.